The number of aromatic nitrogens is 3. The van der Waals surface area contributed by atoms with Crippen molar-refractivity contribution in [3.8, 4) is 0 Å². The number of anilines is 1. The number of pyridine rings is 1. The molecule has 0 aliphatic heterocycles. The maximum Gasteiger partial charge on any atom is 0.306 e. The maximum absolute atomic E-state index is 11.2. The number of hydrogen-bond acceptors (Lipinski definition) is 4. The topological polar surface area (TPSA) is 79.5 Å². The fraction of sp³-hybridized carbons (Fsp3) is 0.500. The number of carboxylic acid groups (broad SMARTS) is 1. The molecule has 2 atom stereocenters. The highest BCUT2D eigenvalue weighted by molar-refractivity contribution is 5.70. The van der Waals surface area contributed by atoms with Crippen molar-refractivity contribution in [3.63, 3.8) is 0 Å². The maximum atomic E-state index is 11.2. The molecule has 0 amide bonds. The summed E-state index contributed by atoms with van der Waals surface area (Å²) >= 11 is 0. The fourth-order valence-electron chi connectivity index (χ4n) is 3.02. The first kappa shape index (κ1) is 12.9. The van der Waals surface area contributed by atoms with E-state index in [0.717, 1.165) is 36.3 Å². The lowest BCUT2D eigenvalue weighted by molar-refractivity contribution is -0.142. The number of nitrogens with one attached hydrogen (secondary N) is 1. The molecule has 0 aromatic carbocycles. The number of aryl methyl sites for hydroxylation is 1. The minimum absolute atomic E-state index is 0.187. The van der Waals surface area contributed by atoms with E-state index in [2.05, 4.69) is 15.4 Å². The summed E-state index contributed by atoms with van der Waals surface area (Å²) in [5.41, 5.74) is 1.91. The molecule has 1 saturated carbocycles. The van der Waals surface area contributed by atoms with Crippen molar-refractivity contribution in [1.82, 2.24) is 14.6 Å². The van der Waals surface area contributed by atoms with Gasteiger partial charge in [0.25, 0.3) is 0 Å². The molecular weight excluding hydrogens is 256 g/mol. The van der Waals surface area contributed by atoms with Gasteiger partial charge in [-0.3, -0.25) is 4.79 Å². The second-order valence-corrected chi connectivity index (χ2v) is 5.46. The number of aliphatic carboxylic acids is 1. The molecule has 6 heteroatoms. The predicted molar refractivity (Wildman–Crippen MR) is 74.7 cm³/mol. The summed E-state index contributed by atoms with van der Waals surface area (Å²) in [6.07, 6.45) is 4.27. The Morgan fingerprint density at radius 3 is 3.15 bits per heavy atom. The molecular formula is C14H18N4O2. The number of rotatable bonds is 4. The largest absolute Gasteiger partial charge is 0.481 e. The van der Waals surface area contributed by atoms with Crippen LogP contribution in [0, 0.1) is 18.8 Å². The lowest BCUT2D eigenvalue weighted by atomic mass is 9.96. The first-order valence-electron chi connectivity index (χ1n) is 6.92. The normalized spacial score (nSPS) is 22.2. The van der Waals surface area contributed by atoms with Gasteiger partial charge in [-0.05, 0) is 43.4 Å². The van der Waals surface area contributed by atoms with Gasteiger partial charge in [0.1, 0.15) is 12.1 Å². The summed E-state index contributed by atoms with van der Waals surface area (Å²) < 4.78 is 1.75. The van der Waals surface area contributed by atoms with Gasteiger partial charge in [-0.25, -0.2) is 4.98 Å². The Balaban J connectivity index is 1.77. The molecule has 20 heavy (non-hydrogen) atoms. The first-order valence-corrected chi connectivity index (χ1v) is 6.92. The van der Waals surface area contributed by atoms with Gasteiger partial charge < -0.3 is 10.4 Å². The fourth-order valence-corrected chi connectivity index (χ4v) is 3.02. The van der Waals surface area contributed by atoms with Crippen molar-refractivity contribution in [1.29, 1.82) is 0 Å². The van der Waals surface area contributed by atoms with E-state index in [-0.39, 0.29) is 11.8 Å². The Labute approximate surface area is 116 Å². The molecule has 2 unspecified atom stereocenters. The van der Waals surface area contributed by atoms with Crippen LogP contribution >= 0.6 is 0 Å². The van der Waals surface area contributed by atoms with Crippen molar-refractivity contribution in [3.05, 3.63) is 24.0 Å². The average Bonchev–Trinajstić information content (AvgIpc) is 3.03. The van der Waals surface area contributed by atoms with E-state index in [4.69, 9.17) is 0 Å². The molecule has 1 aliphatic carbocycles. The molecule has 2 N–H and O–H groups in total. The second-order valence-electron chi connectivity index (χ2n) is 5.46. The standard InChI is InChI=1S/C14H18N4O2/c1-9-5-12(18-13(6-9)16-8-17-18)15-7-10-3-2-4-11(10)14(19)20/h5-6,8,10-11,15H,2-4,7H2,1H3,(H,19,20). The minimum atomic E-state index is -0.676. The van der Waals surface area contributed by atoms with E-state index in [1.54, 1.807) is 4.52 Å². The van der Waals surface area contributed by atoms with Crippen LogP contribution < -0.4 is 5.32 Å². The monoisotopic (exact) mass is 274 g/mol. The molecule has 2 heterocycles. The summed E-state index contributed by atoms with van der Waals surface area (Å²) in [4.78, 5) is 15.4. The number of fused-ring (bicyclic) bond motifs is 1. The Kier molecular flexibility index (Phi) is 3.30. The molecule has 0 bridgehead atoms. The molecule has 1 fully saturated rings. The summed E-state index contributed by atoms with van der Waals surface area (Å²) in [6.45, 7) is 2.67. The first-order chi connectivity index (χ1) is 9.65. The SMILES string of the molecule is Cc1cc(NCC2CCCC2C(=O)O)n2ncnc2c1. The highest BCUT2D eigenvalue weighted by Crippen LogP contribution is 2.32. The minimum Gasteiger partial charge on any atom is -0.481 e. The molecule has 2 aromatic heterocycles. The van der Waals surface area contributed by atoms with Gasteiger partial charge in [0.2, 0.25) is 0 Å². The molecule has 3 rings (SSSR count). The van der Waals surface area contributed by atoms with Crippen molar-refractivity contribution in [2.24, 2.45) is 11.8 Å². The van der Waals surface area contributed by atoms with Gasteiger partial charge in [-0.2, -0.15) is 9.61 Å². The van der Waals surface area contributed by atoms with Crippen molar-refractivity contribution in [2.45, 2.75) is 26.2 Å². The molecule has 6 nitrogen and oxygen atoms in total. The number of carbonyl (C=O) groups is 1. The zero-order valence-electron chi connectivity index (χ0n) is 11.4. The predicted octanol–water partition coefficient (Wildman–Crippen LogP) is 1.95. The lowest BCUT2D eigenvalue weighted by Gasteiger charge is -2.17. The second kappa shape index (κ2) is 5.11. The van der Waals surface area contributed by atoms with Crippen molar-refractivity contribution in [2.75, 3.05) is 11.9 Å². The van der Waals surface area contributed by atoms with E-state index in [1.807, 2.05) is 19.1 Å². The summed E-state index contributed by atoms with van der Waals surface area (Å²) in [6, 6.07) is 3.97. The lowest BCUT2D eigenvalue weighted by Crippen LogP contribution is -2.25. The summed E-state index contributed by atoms with van der Waals surface area (Å²) in [5, 5.41) is 16.7. The molecule has 0 radical (unpaired) electrons. The number of nitrogens with zero attached hydrogens (tertiary/aromatic N) is 3. The Bertz CT molecular complexity index is 637. The third kappa shape index (κ3) is 2.33. The molecule has 1 aliphatic rings. The van der Waals surface area contributed by atoms with Crippen LogP contribution in [0.15, 0.2) is 18.5 Å². The quantitative estimate of drug-likeness (QED) is 0.890. The Hall–Kier alpha value is -2.11. The van der Waals surface area contributed by atoms with Crippen LogP contribution in [0.5, 0.6) is 0 Å². The third-order valence-corrected chi connectivity index (χ3v) is 4.05. The summed E-state index contributed by atoms with van der Waals surface area (Å²) in [7, 11) is 0. The van der Waals surface area contributed by atoms with Crippen LogP contribution in [0.3, 0.4) is 0 Å². The zero-order valence-corrected chi connectivity index (χ0v) is 11.4. The van der Waals surface area contributed by atoms with E-state index >= 15 is 0 Å². The number of carboxylic acids is 1. The highest BCUT2D eigenvalue weighted by atomic mass is 16.4. The highest BCUT2D eigenvalue weighted by Gasteiger charge is 2.32. The smallest absolute Gasteiger partial charge is 0.306 e. The van der Waals surface area contributed by atoms with Crippen LogP contribution in [-0.2, 0) is 4.79 Å². The van der Waals surface area contributed by atoms with E-state index in [0.29, 0.717) is 6.54 Å². The molecule has 2 aromatic rings. The van der Waals surface area contributed by atoms with Gasteiger partial charge in [0, 0.05) is 6.54 Å². The average molecular weight is 274 g/mol. The van der Waals surface area contributed by atoms with Crippen molar-refractivity contribution < 1.29 is 9.90 Å². The van der Waals surface area contributed by atoms with Crippen LogP contribution in [0.2, 0.25) is 0 Å². The molecule has 0 saturated heterocycles. The van der Waals surface area contributed by atoms with Crippen LogP contribution in [-0.4, -0.2) is 32.2 Å². The van der Waals surface area contributed by atoms with Gasteiger partial charge in [-0.15, -0.1) is 0 Å². The van der Waals surface area contributed by atoms with E-state index in [1.165, 1.54) is 6.33 Å². The van der Waals surface area contributed by atoms with Crippen molar-refractivity contribution >= 4 is 17.4 Å². The van der Waals surface area contributed by atoms with E-state index < -0.39 is 5.97 Å². The zero-order chi connectivity index (χ0) is 14.1. The van der Waals surface area contributed by atoms with Crippen LogP contribution in [0.25, 0.3) is 5.65 Å². The molecule has 0 spiro atoms. The van der Waals surface area contributed by atoms with Gasteiger partial charge in [0.05, 0.1) is 5.92 Å². The van der Waals surface area contributed by atoms with Crippen LogP contribution in [0.1, 0.15) is 24.8 Å². The summed E-state index contributed by atoms with van der Waals surface area (Å²) in [5.74, 6) is 0.156. The Morgan fingerprint density at radius 2 is 2.35 bits per heavy atom. The van der Waals surface area contributed by atoms with Crippen LogP contribution in [0.4, 0.5) is 5.82 Å². The van der Waals surface area contributed by atoms with Gasteiger partial charge in [-0.1, -0.05) is 6.42 Å². The number of hydrogen-bond donors (Lipinski definition) is 2. The third-order valence-electron chi connectivity index (χ3n) is 4.05. The van der Waals surface area contributed by atoms with E-state index in [9.17, 15) is 9.90 Å². The van der Waals surface area contributed by atoms with Gasteiger partial charge >= 0.3 is 5.97 Å². The molecule has 106 valence electrons. The van der Waals surface area contributed by atoms with Gasteiger partial charge in [0.15, 0.2) is 5.65 Å². The Morgan fingerprint density at radius 1 is 1.50 bits per heavy atom.